The average Bonchev–Trinajstić information content (AvgIpc) is 2.70. The molecule has 0 spiro atoms. The normalized spacial score (nSPS) is 15.5. The van der Waals surface area contributed by atoms with Crippen LogP contribution in [0.3, 0.4) is 0 Å². The molecule has 0 heterocycles. The quantitative estimate of drug-likeness (QED) is 0.0429. The van der Waals surface area contributed by atoms with E-state index in [-0.39, 0.29) is 11.0 Å². The predicted molar refractivity (Wildman–Crippen MR) is 70.4 cm³/mol. The molecule has 356 valence electrons. The van der Waals surface area contributed by atoms with E-state index in [4.69, 9.17) is 7.52 Å². The van der Waals surface area contributed by atoms with Crippen molar-refractivity contribution in [1.82, 2.24) is 0 Å². The van der Waals surface area contributed by atoms with Crippen molar-refractivity contribution in [3.63, 3.8) is 0 Å². The molecule has 2 N–H and O–H groups in total. The second-order valence-corrected chi connectivity index (χ2v) is 59.4. The second-order valence-electron chi connectivity index (χ2n) is 9.06. The van der Waals surface area contributed by atoms with Gasteiger partial charge in [-0.2, -0.15) is 0 Å². The Labute approximate surface area is 365 Å². The number of nitrogens with zero attached hydrogens (tertiary/aromatic N) is 1. The molecular weight excluding hydrogens is 1900 g/mol. The van der Waals surface area contributed by atoms with Crippen LogP contribution in [0.1, 0.15) is 0 Å². The van der Waals surface area contributed by atoms with E-state index in [1.165, 1.54) is 21.1 Å². The number of hydrogen-bond donors (Lipinski definition) is 2. The molecule has 0 bridgehead atoms. The average molecular weight is 1910 g/mol. The molecule has 54 heteroatoms. The van der Waals surface area contributed by atoms with Gasteiger partial charge in [-0.3, -0.25) is 0 Å². The fourth-order valence-corrected chi connectivity index (χ4v) is 62.0. The Hall–Kier alpha value is 3.05. The molecule has 0 saturated heterocycles. The predicted octanol–water partition coefficient (Wildman–Crippen LogP) is -3.90. The molecule has 0 radical (unpaired) electrons. The van der Waals surface area contributed by atoms with E-state index < -0.39 is 215 Å². The minimum atomic E-state index is -8.82. The van der Waals surface area contributed by atoms with E-state index in [1.807, 2.05) is 0 Å². The SMILES string of the molecule is C[N+](C)(C)CC[O][Mo](=[O])(=[O])[O][Mo](=[O])(=[O])[O][Mo](=[O])(=[O])[O][Mo](=[O])(=[O])[O]P(=O)([O][Mo](=[O])(=[O])[O][Mo](=[O])(=[O])[O][Mo](=[O])(=[O])[O][Mo](=[O])(=[O])[OH])[O][Mo](=[O])(=[O])[O][Mo](=[O])(=[O])[O][Mo](=[O])(=[O])[O][Mo](=[O])(=[O])[OH]. The van der Waals surface area contributed by atoms with E-state index in [9.17, 15) is 86.1 Å². The Morgan fingerprint density at radius 2 is 0.559 bits per heavy atom. The zero-order chi connectivity index (χ0) is 47.6. The third-order valence-corrected chi connectivity index (χ3v) is 64.5. The van der Waals surface area contributed by atoms with Gasteiger partial charge >= 0.3 is 372 Å². The molecule has 0 aliphatic carbocycles. The first-order chi connectivity index (χ1) is 25.2. The Balaban J connectivity index is 6.94. The van der Waals surface area contributed by atoms with Gasteiger partial charge in [0.15, 0.2) is 0 Å². The Morgan fingerprint density at radius 1 is 0.356 bits per heavy atom. The van der Waals surface area contributed by atoms with E-state index in [1.54, 1.807) is 0 Å². The summed E-state index contributed by atoms with van der Waals surface area (Å²) in [6.45, 7) is -1.03. The molecule has 0 fully saturated rings. The molecule has 0 amide bonds. The number of hydrogen-bond acceptors (Lipinski definition) is 38. The molecule has 0 aliphatic heterocycles. The monoisotopic (exact) mass is 1930 g/mol. The summed E-state index contributed by atoms with van der Waals surface area (Å²) in [4.78, 5) is 0. The number of phosphoric acid groups is 1. The van der Waals surface area contributed by atoms with Gasteiger partial charge in [-0.1, -0.05) is 0 Å². The molecule has 0 aromatic heterocycles. The van der Waals surface area contributed by atoms with Gasteiger partial charge < -0.3 is 0 Å². The fourth-order valence-electron chi connectivity index (χ4n) is 1.84. The molecule has 0 aromatic carbocycles. The van der Waals surface area contributed by atoms with Crippen LogP contribution in [-0.4, -0.2) is 46.3 Å². The molecule has 0 rings (SSSR count). The van der Waals surface area contributed by atoms with Crippen LogP contribution in [0.5, 0.6) is 0 Å². The second kappa shape index (κ2) is 21.1. The van der Waals surface area contributed by atoms with Crippen molar-refractivity contribution in [3.05, 3.63) is 0 Å². The van der Waals surface area contributed by atoms with Gasteiger partial charge in [0.05, 0.1) is 0 Å². The standard InChI is InChI=1S/C5H13NO.12Mo.H3O4P.2H2O.33O/c1-6(2,3)4-5-7;;;;;;;;;;;;;1-5(2,3)4;;;;;;;;;;;;;;;;;;;;;;;;;;;;;;;;;;;/h4-5H2,1-3H3;;;;;;;;;;;;;(H3,1,2,3,4);2*1H2;;;;;;;;;;;;;;;;;;;;;;;;;;;;;;;;;/q;;;;;;;6*+1;;;;;;;;;;;;;;;;;;;;;;;;;;;;;;;;;;;;/p-5. The summed E-state index contributed by atoms with van der Waals surface area (Å²) in [7, 11) is -3.54. The first kappa shape index (κ1) is 62.0. The van der Waals surface area contributed by atoms with E-state index in [0.717, 1.165) is 0 Å². The number of rotatable bonds is 28. The Morgan fingerprint density at radius 3 is 0.780 bits per heavy atom. The maximum absolute atomic E-state index is 13.0. The molecule has 59 heavy (non-hydrogen) atoms. The van der Waals surface area contributed by atoms with E-state index >= 15 is 0 Å². The van der Waals surface area contributed by atoms with Gasteiger partial charge in [-0.15, -0.1) is 0 Å². The van der Waals surface area contributed by atoms with Gasteiger partial charge in [-0.05, 0) is 0 Å². The van der Waals surface area contributed by atoms with Gasteiger partial charge in [0.1, 0.15) is 0 Å². The Bertz CT molecular complexity index is 2880. The molecule has 0 saturated carbocycles. The number of quaternary nitrogens is 1. The van der Waals surface area contributed by atoms with Crippen molar-refractivity contribution in [2.75, 3.05) is 34.3 Å². The van der Waals surface area contributed by atoms with Crippen molar-refractivity contribution in [3.8, 4) is 0 Å². The van der Waals surface area contributed by atoms with Crippen molar-refractivity contribution in [2.45, 2.75) is 0 Å². The maximum atomic E-state index is 13.0. The van der Waals surface area contributed by atoms with Crippen LogP contribution in [0.4, 0.5) is 0 Å². The summed E-state index contributed by atoms with van der Waals surface area (Å²) in [5, 5.41) is 0. The summed E-state index contributed by atoms with van der Waals surface area (Å²) in [5.41, 5.74) is 0. The van der Waals surface area contributed by atoms with Crippen LogP contribution < -0.4 is 0 Å². The summed E-state index contributed by atoms with van der Waals surface area (Å²) in [6.07, 6.45) is 0. The zero-order valence-corrected chi connectivity index (χ0v) is 51.6. The molecule has 0 aromatic rings. The van der Waals surface area contributed by atoms with Gasteiger partial charge in [0.25, 0.3) is 0 Å². The third kappa shape index (κ3) is 30.9. The van der Waals surface area contributed by atoms with Crippen LogP contribution in [0.25, 0.3) is 0 Å². The van der Waals surface area contributed by atoms with E-state index in [0.29, 0.717) is 0 Å². The van der Waals surface area contributed by atoms with Gasteiger partial charge in [0, 0.05) is 0 Å². The van der Waals surface area contributed by atoms with E-state index in [2.05, 4.69) is 31.3 Å². The van der Waals surface area contributed by atoms with Crippen molar-refractivity contribution < 1.29 is 330 Å². The molecule has 0 aliphatic rings. The molecule has 0 atom stereocenters. The van der Waals surface area contributed by atoms with Crippen molar-refractivity contribution >= 4 is 7.82 Å². The fraction of sp³-hybridized carbons (Fsp3) is 1.00. The van der Waals surface area contributed by atoms with Crippen LogP contribution in [0.15, 0.2) is 0 Å². The molecule has 41 nitrogen and oxygen atoms in total. The van der Waals surface area contributed by atoms with Gasteiger partial charge in [0.2, 0.25) is 0 Å². The van der Waals surface area contributed by atoms with Crippen LogP contribution in [-0.2, 0) is 318 Å². The summed E-state index contributed by atoms with van der Waals surface area (Å²) < 4.78 is 351. The van der Waals surface area contributed by atoms with Crippen LogP contribution in [0.2, 0.25) is 0 Å². The van der Waals surface area contributed by atoms with Gasteiger partial charge in [-0.25, -0.2) is 0 Å². The Kier molecular flexibility index (Phi) is 22.2. The first-order valence-corrected chi connectivity index (χ1v) is 52.2. The first-order valence-electron chi connectivity index (χ1n) is 11.2. The zero-order valence-electron chi connectivity index (χ0n) is 26.6. The van der Waals surface area contributed by atoms with Crippen LogP contribution >= 0.6 is 7.82 Å². The summed E-state index contributed by atoms with van der Waals surface area (Å²) in [5.74, 6) is 0. The van der Waals surface area contributed by atoms with Crippen LogP contribution in [0, 0.1) is 0 Å². The molecule has 0 unspecified atom stereocenters. The van der Waals surface area contributed by atoms with Crippen molar-refractivity contribution in [2.24, 2.45) is 0 Å². The minimum absolute atomic E-state index is 0.0318. The summed E-state index contributed by atoms with van der Waals surface area (Å²) >= 11 is -97.2. The third-order valence-electron chi connectivity index (χ3n) is 3.04. The topological polar surface area (TPSA) is 587 Å². The number of likely N-dealkylation sites (N-methyl/N-ethyl adjacent to an activating group) is 1. The summed E-state index contributed by atoms with van der Waals surface area (Å²) in [6, 6.07) is 0. The molecular formula is C5H15Mo12NO40P+. The van der Waals surface area contributed by atoms with Crippen molar-refractivity contribution in [1.29, 1.82) is 0 Å².